The molecule has 0 heterocycles. The van der Waals surface area contributed by atoms with Crippen LogP contribution in [-0.2, 0) is 4.79 Å². The van der Waals surface area contributed by atoms with E-state index in [-0.39, 0.29) is 5.91 Å². The molecule has 0 aromatic carbocycles. The Balaban J connectivity index is 3.33. The molecule has 0 aromatic rings. The van der Waals surface area contributed by atoms with Crippen LogP contribution in [0.25, 0.3) is 0 Å². The molecule has 0 aliphatic carbocycles. The fourth-order valence-electron chi connectivity index (χ4n) is 0.343. The van der Waals surface area contributed by atoms with Crippen LogP contribution in [0.2, 0.25) is 0 Å². The first-order chi connectivity index (χ1) is 3.81. The molecule has 1 amide bonds. The van der Waals surface area contributed by atoms with Gasteiger partial charge in [0.2, 0.25) is 0 Å². The summed E-state index contributed by atoms with van der Waals surface area (Å²) in [4.78, 5) is 10.4. The summed E-state index contributed by atoms with van der Waals surface area (Å²) < 4.78 is 0. The second kappa shape index (κ2) is 4.37. The maximum absolute atomic E-state index is 10.4. The first-order valence-corrected chi connectivity index (χ1v) is 2.63. The Morgan fingerprint density at radius 2 is 2.50 bits per heavy atom. The summed E-state index contributed by atoms with van der Waals surface area (Å²) in [6, 6.07) is 0. The molecule has 0 spiro atoms. The molecule has 0 saturated carbocycles. The number of amides is 1. The Hall–Kier alpha value is -0.790. The number of hydrogen-bond acceptors (Lipinski definition) is 1. The van der Waals surface area contributed by atoms with Crippen molar-refractivity contribution in [2.75, 3.05) is 6.54 Å². The van der Waals surface area contributed by atoms with E-state index in [1.165, 1.54) is 0 Å². The second-order valence-electron chi connectivity index (χ2n) is 1.29. The van der Waals surface area contributed by atoms with Gasteiger partial charge in [0.05, 0.1) is 0 Å². The lowest BCUT2D eigenvalue weighted by atomic mass is 10.5. The summed E-state index contributed by atoms with van der Waals surface area (Å²) in [5.74, 6) is -0.144. The SMILES string of the molecule is C/C=[C]/C(=O)NCC. The van der Waals surface area contributed by atoms with Crippen LogP contribution in [0.15, 0.2) is 6.08 Å². The second-order valence-corrected chi connectivity index (χ2v) is 1.29. The molecular formula is C6H10NO. The Morgan fingerprint density at radius 1 is 1.88 bits per heavy atom. The number of rotatable bonds is 2. The molecular weight excluding hydrogens is 102 g/mol. The highest BCUT2D eigenvalue weighted by atomic mass is 16.1. The van der Waals surface area contributed by atoms with Crippen molar-refractivity contribution < 1.29 is 4.79 Å². The maximum atomic E-state index is 10.4. The zero-order valence-electron chi connectivity index (χ0n) is 5.19. The highest BCUT2D eigenvalue weighted by Crippen LogP contribution is 1.66. The predicted octanol–water partition coefficient (Wildman–Crippen LogP) is 0.502. The van der Waals surface area contributed by atoms with Crippen LogP contribution >= 0.6 is 0 Å². The van der Waals surface area contributed by atoms with Crippen molar-refractivity contribution in [2.24, 2.45) is 0 Å². The number of carbonyl (C=O) groups excluding carboxylic acids is 1. The van der Waals surface area contributed by atoms with Gasteiger partial charge in [0.1, 0.15) is 0 Å². The first kappa shape index (κ1) is 7.21. The molecule has 2 nitrogen and oxygen atoms in total. The topological polar surface area (TPSA) is 29.1 Å². The van der Waals surface area contributed by atoms with Gasteiger partial charge in [0.25, 0.3) is 5.91 Å². The van der Waals surface area contributed by atoms with Crippen molar-refractivity contribution in [3.05, 3.63) is 12.2 Å². The lowest BCUT2D eigenvalue weighted by Gasteiger charge is -1.90. The largest absolute Gasteiger partial charge is 0.352 e. The van der Waals surface area contributed by atoms with Gasteiger partial charge in [-0.25, -0.2) is 0 Å². The maximum Gasteiger partial charge on any atom is 0.251 e. The van der Waals surface area contributed by atoms with E-state index in [9.17, 15) is 4.79 Å². The summed E-state index contributed by atoms with van der Waals surface area (Å²) in [6.07, 6.45) is 4.06. The van der Waals surface area contributed by atoms with Crippen LogP contribution in [-0.4, -0.2) is 12.5 Å². The standard InChI is InChI=1S/C6H10NO/c1-3-5-6(8)7-4-2/h3H,4H2,1-2H3,(H,7,8). The zero-order valence-corrected chi connectivity index (χ0v) is 5.19. The monoisotopic (exact) mass is 112 g/mol. The van der Waals surface area contributed by atoms with Gasteiger partial charge in [-0.15, -0.1) is 0 Å². The Morgan fingerprint density at radius 3 is 2.88 bits per heavy atom. The molecule has 0 aliphatic heterocycles. The lowest BCUT2D eigenvalue weighted by molar-refractivity contribution is -0.117. The van der Waals surface area contributed by atoms with Crippen molar-refractivity contribution in [1.82, 2.24) is 5.32 Å². The van der Waals surface area contributed by atoms with Gasteiger partial charge in [-0.3, -0.25) is 4.79 Å². The van der Waals surface area contributed by atoms with Crippen LogP contribution in [0.3, 0.4) is 0 Å². The predicted molar refractivity (Wildman–Crippen MR) is 32.2 cm³/mol. The van der Waals surface area contributed by atoms with Crippen LogP contribution in [0, 0.1) is 6.08 Å². The molecule has 0 atom stereocenters. The van der Waals surface area contributed by atoms with Gasteiger partial charge in [-0.2, -0.15) is 0 Å². The molecule has 0 aliphatic rings. The molecule has 1 N–H and O–H groups in total. The van der Waals surface area contributed by atoms with Crippen LogP contribution < -0.4 is 5.32 Å². The average Bonchev–Trinajstić information content (AvgIpc) is 1.68. The normalized spacial score (nSPS) is 9.75. The van der Waals surface area contributed by atoms with Crippen molar-refractivity contribution in [3.8, 4) is 0 Å². The van der Waals surface area contributed by atoms with E-state index in [1.54, 1.807) is 13.0 Å². The highest BCUT2D eigenvalue weighted by Gasteiger charge is 1.86. The van der Waals surface area contributed by atoms with Crippen molar-refractivity contribution in [2.45, 2.75) is 13.8 Å². The number of allylic oxidation sites excluding steroid dienone is 1. The Labute approximate surface area is 49.6 Å². The van der Waals surface area contributed by atoms with Crippen molar-refractivity contribution >= 4 is 5.91 Å². The molecule has 0 unspecified atom stereocenters. The number of carbonyl (C=O) groups is 1. The van der Waals surface area contributed by atoms with Crippen LogP contribution in [0.1, 0.15) is 13.8 Å². The summed E-state index contributed by atoms with van der Waals surface area (Å²) in [5.41, 5.74) is 0. The van der Waals surface area contributed by atoms with E-state index in [4.69, 9.17) is 0 Å². The molecule has 2 heteroatoms. The smallest absolute Gasteiger partial charge is 0.251 e. The van der Waals surface area contributed by atoms with Gasteiger partial charge < -0.3 is 5.32 Å². The molecule has 1 radical (unpaired) electrons. The minimum atomic E-state index is -0.144. The minimum Gasteiger partial charge on any atom is -0.352 e. The van der Waals surface area contributed by atoms with Crippen LogP contribution in [0.5, 0.6) is 0 Å². The lowest BCUT2D eigenvalue weighted by Crippen LogP contribution is -2.20. The summed E-state index contributed by atoms with van der Waals surface area (Å²) in [6.45, 7) is 4.30. The molecule has 0 bridgehead atoms. The van der Waals surface area contributed by atoms with E-state index < -0.39 is 0 Å². The van der Waals surface area contributed by atoms with Gasteiger partial charge in [0.15, 0.2) is 0 Å². The quantitative estimate of drug-likeness (QED) is 0.518. The van der Waals surface area contributed by atoms with Crippen LogP contribution in [0.4, 0.5) is 0 Å². The summed E-state index contributed by atoms with van der Waals surface area (Å²) in [5, 5.41) is 2.57. The fourth-order valence-corrected chi connectivity index (χ4v) is 0.343. The zero-order chi connectivity index (χ0) is 6.41. The van der Waals surface area contributed by atoms with E-state index >= 15 is 0 Å². The highest BCUT2D eigenvalue weighted by molar-refractivity contribution is 5.83. The van der Waals surface area contributed by atoms with Crippen molar-refractivity contribution in [3.63, 3.8) is 0 Å². The molecule has 0 saturated heterocycles. The van der Waals surface area contributed by atoms with Crippen molar-refractivity contribution in [1.29, 1.82) is 0 Å². The molecule has 0 rings (SSSR count). The molecule has 45 valence electrons. The van der Waals surface area contributed by atoms with E-state index in [0.717, 1.165) is 0 Å². The molecule has 0 fully saturated rings. The Kier molecular flexibility index (Phi) is 3.94. The van der Waals surface area contributed by atoms with E-state index in [2.05, 4.69) is 11.4 Å². The average molecular weight is 112 g/mol. The minimum absolute atomic E-state index is 0.144. The third-order valence-corrected chi connectivity index (χ3v) is 0.613. The third kappa shape index (κ3) is 3.40. The number of likely N-dealkylation sites (N-methyl/N-ethyl adjacent to an activating group) is 1. The molecule has 0 aromatic heterocycles. The van der Waals surface area contributed by atoms with Gasteiger partial charge in [0, 0.05) is 12.6 Å². The summed E-state index contributed by atoms with van der Waals surface area (Å²) >= 11 is 0. The number of hydrogen-bond donors (Lipinski definition) is 1. The first-order valence-electron chi connectivity index (χ1n) is 2.63. The van der Waals surface area contributed by atoms with Gasteiger partial charge in [-0.1, -0.05) is 6.08 Å². The van der Waals surface area contributed by atoms with E-state index in [0.29, 0.717) is 6.54 Å². The van der Waals surface area contributed by atoms with Gasteiger partial charge in [-0.05, 0) is 13.8 Å². The fraction of sp³-hybridized carbons (Fsp3) is 0.500. The molecule has 8 heavy (non-hydrogen) atoms. The summed E-state index contributed by atoms with van der Waals surface area (Å²) in [7, 11) is 0. The third-order valence-electron chi connectivity index (χ3n) is 0.613. The van der Waals surface area contributed by atoms with Gasteiger partial charge >= 0.3 is 0 Å². The number of nitrogens with one attached hydrogen (secondary N) is 1. The van der Waals surface area contributed by atoms with E-state index in [1.807, 2.05) is 6.92 Å². The Bertz CT molecular complexity index is 96.7.